The first kappa shape index (κ1) is 26.6. The topological polar surface area (TPSA) is 103 Å². The first-order valence-electron chi connectivity index (χ1n) is 13.8. The zero-order valence-electron chi connectivity index (χ0n) is 23.4. The van der Waals surface area contributed by atoms with Crippen molar-refractivity contribution in [1.29, 1.82) is 0 Å². The zero-order valence-corrected chi connectivity index (χ0v) is 24.2. The number of ether oxygens (including phenoxy) is 2. The normalized spacial score (nSPS) is 18.8. The number of carbonyl (C=O) groups is 2. The minimum atomic E-state index is -1.67. The van der Waals surface area contributed by atoms with Crippen LogP contribution in [0.5, 0.6) is 0 Å². The van der Waals surface area contributed by atoms with Gasteiger partial charge in [0.15, 0.2) is 5.17 Å². The molecular weight excluding hydrogens is 528 g/mol. The van der Waals surface area contributed by atoms with Crippen molar-refractivity contribution in [2.75, 3.05) is 17.2 Å². The number of nitrogens with zero attached hydrogens (tertiary/aromatic N) is 4. The van der Waals surface area contributed by atoms with Crippen molar-refractivity contribution in [3.63, 3.8) is 0 Å². The SMILES string of the molecule is CCSC1=Nc2cccc3nc4c(c(c23)N1CCC(C)C)Cn1c-4cc2c(c1=O)COC(=O)[C@@]2(CC)OC(C)=O. The summed E-state index contributed by atoms with van der Waals surface area (Å²) in [5, 5.41) is 1.93. The number of rotatable bonds is 6. The van der Waals surface area contributed by atoms with Crippen molar-refractivity contribution in [3.05, 3.63) is 51.3 Å². The van der Waals surface area contributed by atoms with Crippen molar-refractivity contribution in [2.45, 2.75) is 66.2 Å². The summed E-state index contributed by atoms with van der Waals surface area (Å²) in [6.45, 7) is 10.5. The summed E-state index contributed by atoms with van der Waals surface area (Å²) in [4.78, 5) is 51.5. The molecule has 3 aliphatic heterocycles. The number of hydrogen-bond acceptors (Lipinski definition) is 9. The molecule has 0 fully saturated rings. The molecule has 0 aliphatic carbocycles. The maximum absolute atomic E-state index is 14.0. The molecule has 9 nitrogen and oxygen atoms in total. The van der Waals surface area contributed by atoms with E-state index in [1.165, 1.54) is 6.92 Å². The Morgan fingerprint density at radius 2 is 2.02 bits per heavy atom. The van der Waals surface area contributed by atoms with Gasteiger partial charge in [-0.3, -0.25) is 9.59 Å². The Kier molecular flexibility index (Phi) is 6.48. The highest BCUT2D eigenvalue weighted by Crippen LogP contribution is 2.48. The van der Waals surface area contributed by atoms with Gasteiger partial charge in [-0.1, -0.05) is 45.5 Å². The molecule has 0 spiro atoms. The van der Waals surface area contributed by atoms with Gasteiger partial charge in [-0.15, -0.1) is 0 Å². The lowest BCUT2D eigenvalue weighted by molar-refractivity contribution is -0.188. The highest BCUT2D eigenvalue weighted by atomic mass is 32.2. The molecule has 0 saturated carbocycles. The van der Waals surface area contributed by atoms with E-state index >= 15 is 0 Å². The van der Waals surface area contributed by atoms with Gasteiger partial charge < -0.3 is 18.9 Å². The number of cyclic esters (lactones) is 1. The predicted octanol–water partition coefficient (Wildman–Crippen LogP) is 5.26. The zero-order chi connectivity index (χ0) is 28.3. The smallest absolute Gasteiger partial charge is 0.355 e. The number of aliphatic imine (C=N–C) groups is 1. The summed E-state index contributed by atoms with van der Waals surface area (Å²) in [5.41, 5.74) is 3.75. The second-order valence-electron chi connectivity index (χ2n) is 10.8. The Labute approximate surface area is 236 Å². The largest absolute Gasteiger partial charge is 0.457 e. The second-order valence-corrected chi connectivity index (χ2v) is 12.0. The van der Waals surface area contributed by atoms with E-state index in [1.807, 2.05) is 24.3 Å². The quantitative estimate of drug-likeness (QED) is 0.294. The molecule has 208 valence electrons. The van der Waals surface area contributed by atoms with Crippen LogP contribution in [0.3, 0.4) is 0 Å². The highest BCUT2D eigenvalue weighted by Gasteiger charge is 2.50. The molecule has 0 saturated heterocycles. The Hall–Kier alpha value is -3.66. The summed E-state index contributed by atoms with van der Waals surface area (Å²) in [7, 11) is 0. The van der Waals surface area contributed by atoms with Crippen LogP contribution in [0, 0.1) is 5.92 Å². The molecule has 0 unspecified atom stereocenters. The highest BCUT2D eigenvalue weighted by molar-refractivity contribution is 8.14. The number of amidine groups is 1. The predicted molar refractivity (Wildman–Crippen MR) is 156 cm³/mol. The summed E-state index contributed by atoms with van der Waals surface area (Å²) in [6, 6.07) is 7.75. The van der Waals surface area contributed by atoms with E-state index in [2.05, 4.69) is 25.7 Å². The van der Waals surface area contributed by atoms with Gasteiger partial charge in [0.25, 0.3) is 5.56 Å². The lowest BCUT2D eigenvalue weighted by Crippen LogP contribution is -2.47. The summed E-state index contributed by atoms with van der Waals surface area (Å²) >= 11 is 1.71. The van der Waals surface area contributed by atoms with Crippen molar-refractivity contribution in [2.24, 2.45) is 10.9 Å². The van der Waals surface area contributed by atoms with Gasteiger partial charge in [0.1, 0.15) is 6.61 Å². The fourth-order valence-electron chi connectivity index (χ4n) is 5.97. The summed E-state index contributed by atoms with van der Waals surface area (Å²) in [6.07, 6.45) is 1.12. The van der Waals surface area contributed by atoms with Gasteiger partial charge in [0.2, 0.25) is 5.60 Å². The molecule has 3 aromatic rings. The van der Waals surface area contributed by atoms with Gasteiger partial charge in [0.05, 0.1) is 45.8 Å². The second kappa shape index (κ2) is 9.76. The third-order valence-corrected chi connectivity index (χ3v) is 8.73. The van der Waals surface area contributed by atoms with Crippen LogP contribution in [0.25, 0.3) is 22.3 Å². The average molecular weight is 561 g/mol. The number of thioether (sulfide) groups is 1. The maximum Gasteiger partial charge on any atom is 0.355 e. The Bertz CT molecular complexity index is 1680. The number of fused-ring (bicyclic) bond motifs is 5. The molecule has 5 heterocycles. The lowest BCUT2D eigenvalue weighted by atomic mass is 9.85. The number of aromatic nitrogens is 2. The minimum Gasteiger partial charge on any atom is -0.457 e. The first-order chi connectivity index (χ1) is 19.2. The van der Waals surface area contributed by atoms with Gasteiger partial charge in [-0.25, -0.2) is 14.8 Å². The summed E-state index contributed by atoms with van der Waals surface area (Å²) < 4.78 is 12.7. The average Bonchev–Trinajstić information content (AvgIpc) is 3.28. The van der Waals surface area contributed by atoms with Crippen LogP contribution in [0.1, 0.15) is 64.2 Å². The van der Waals surface area contributed by atoms with E-state index in [-0.39, 0.29) is 18.6 Å². The number of pyridine rings is 2. The Balaban J connectivity index is 1.62. The fourth-order valence-corrected chi connectivity index (χ4v) is 6.73. The van der Waals surface area contributed by atoms with E-state index in [0.717, 1.165) is 51.7 Å². The van der Waals surface area contributed by atoms with Crippen molar-refractivity contribution < 1.29 is 19.1 Å². The molecule has 0 amide bonds. The molecule has 1 aromatic carbocycles. The molecular formula is C30H32N4O5S. The van der Waals surface area contributed by atoms with Crippen LogP contribution >= 0.6 is 11.8 Å². The molecule has 0 N–H and O–H groups in total. The van der Waals surface area contributed by atoms with Gasteiger partial charge in [0, 0.05) is 24.6 Å². The molecule has 0 bridgehead atoms. The van der Waals surface area contributed by atoms with Crippen LogP contribution in [0.4, 0.5) is 11.4 Å². The van der Waals surface area contributed by atoms with E-state index in [0.29, 0.717) is 35.0 Å². The van der Waals surface area contributed by atoms with Crippen molar-refractivity contribution in [3.8, 4) is 11.4 Å². The van der Waals surface area contributed by atoms with Gasteiger partial charge in [-0.05, 0) is 42.7 Å². The molecule has 2 aromatic heterocycles. The third-order valence-electron chi connectivity index (χ3n) is 7.87. The van der Waals surface area contributed by atoms with E-state index < -0.39 is 17.5 Å². The van der Waals surface area contributed by atoms with Gasteiger partial charge in [-0.2, -0.15) is 0 Å². The molecule has 0 radical (unpaired) electrons. The number of esters is 2. The van der Waals surface area contributed by atoms with Crippen LogP contribution in [0.2, 0.25) is 0 Å². The first-order valence-corrected chi connectivity index (χ1v) is 14.8. The monoisotopic (exact) mass is 560 g/mol. The number of carbonyl (C=O) groups excluding carboxylic acids is 2. The lowest BCUT2D eigenvalue weighted by Gasteiger charge is -2.35. The Morgan fingerprint density at radius 3 is 2.73 bits per heavy atom. The molecule has 6 rings (SSSR count). The van der Waals surface area contributed by atoms with E-state index in [1.54, 1.807) is 23.3 Å². The standard InChI is InChI=1S/C30H32N4O5S/c1-6-30(39-17(5)35)20-13-23-25-18(14-34(23)27(36)19(20)15-38-28(30)37)26-24-21(31-25)9-8-10-22(24)32-29(40-7-2)33(26)12-11-16(3)4/h8-10,13,16H,6-7,11-12,14-15H2,1-5H3/t30-/m0/s1. The van der Waals surface area contributed by atoms with Crippen molar-refractivity contribution >= 4 is 51.1 Å². The minimum absolute atomic E-state index is 0.144. The van der Waals surface area contributed by atoms with Crippen LogP contribution in [-0.4, -0.2) is 39.0 Å². The molecule has 10 heteroatoms. The summed E-state index contributed by atoms with van der Waals surface area (Å²) in [5.74, 6) is 0.104. The maximum atomic E-state index is 14.0. The number of hydrogen-bond donors (Lipinski definition) is 0. The van der Waals surface area contributed by atoms with Crippen LogP contribution < -0.4 is 10.5 Å². The fraction of sp³-hybridized carbons (Fsp3) is 0.433. The van der Waals surface area contributed by atoms with E-state index in [4.69, 9.17) is 19.5 Å². The third kappa shape index (κ3) is 3.87. The van der Waals surface area contributed by atoms with Gasteiger partial charge >= 0.3 is 11.9 Å². The molecule has 40 heavy (non-hydrogen) atoms. The van der Waals surface area contributed by atoms with E-state index in [9.17, 15) is 14.4 Å². The molecule has 1 atom stereocenters. The number of anilines is 1. The van der Waals surface area contributed by atoms with Crippen LogP contribution in [0.15, 0.2) is 34.1 Å². The van der Waals surface area contributed by atoms with Crippen molar-refractivity contribution in [1.82, 2.24) is 9.55 Å². The Morgan fingerprint density at radius 1 is 1.23 bits per heavy atom. The van der Waals surface area contributed by atoms with Crippen LogP contribution in [-0.2, 0) is 37.8 Å². The number of benzene rings is 1. The molecule has 3 aliphatic rings.